The number of rotatable bonds is 6. The Balaban J connectivity index is 2.81. The van der Waals surface area contributed by atoms with Crippen LogP contribution < -0.4 is 10.2 Å². The number of halogens is 1. The molecule has 0 aliphatic rings. The minimum atomic E-state index is 0.509. The van der Waals surface area contributed by atoms with Gasteiger partial charge in [0.2, 0.25) is 0 Å². The van der Waals surface area contributed by atoms with Gasteiger partial charge in [-0.3, -0.25) is 0 Å². The summed E-state index contributed by atoms with van der Waals surface area (Å²) in [4.78, 5) is 2.34. The molecule has 0 aliphatic carbocycles. The molecule has 1 unspecified atom stereocenters. The van der Waals surface area contributed by atoms with Gasteiger partial charge >= 0.3 is 0 Å². The van der Waals surface area contributed by atoms with Crippen LogP contribution in [-0.4, -0.2) is 19.1 Å². The summed E-state index contributed by atoms with van der Waals surface area (Å²) < 4.78 is 1.18. The third-order valence-electron chi connectivity index (χ3n) is 3.72. The fourth-order valence-corrected chi connectivity index (χ4v) is 2.40. The van der Waals surface area contributed by atoms with Crippen LogP contribution in [0.25, 0.3) is 0 Å². The molecule has 0 aliphatic heterocycles. The Morgan fingerprint density at radius 3 is 2.26 bits per heavy atom. The van der Waals surface area contributed by atoms with Crippen LogP contribution in [0.3, 0.4) is 0 Å². The zero-order chi connectivity index (χ0) is 14.6. The van der Waals surface area contributed by atoms with Crippen molar-refractivity contribution in [2.24, 2.45) is 5.92 Å². The third-order valence-corrected chi connectivity index (χ3v) is 4.46. The van der Waals surface area contributed by atoms with Crippen molar-refractivity contribution in [1.82, 2.24) is 5.32 Å². The lowest BCUT2D eigenvalue weighted by molar-refractivity contribution is 0.505. The second-order valence-electron chi connectivity index (χ2n) is 5.91. The summed E-state index contributed by atoms with van der Waals surface area (Å²) in [5, 5.41) is 3.45. The van der Waals surface area contributed by atoms with Gasteiger partial charge < -0.3 is 10.2 Å². The van der Waals surface area contributed by atoms with Crippen molar-refractivity contribution in [1.29, 1.82) is 0 Å². The van der Waals surface area contributed by atoms with Gasteiger partial charge in [0.1, 0.15) is 0 Å². The first-order valence-electron chi connectivity index (χ1n) is 7.07. The van der Waals surface area contributed by atoms with Gasteiger partial charge in [-0.15, -0.1) is 0 Å². The molecule has 1 N–H and O–H groups in total. The number of nitrogens with zero attached hydrogens (tertiary/aromatic N) is 1. The highest BCUT2D eigenvalue weighted by Gasteiger charge is 2.14. The summed E-state index contributed by atoms with van der Waals surface area (Å²) in [6.07, 6.45) is 0. The smallest absolute Gasteiger partial charge is 0.0377 e. The van der Waals surface area contributed by atoms with Crippen molar-refractivity contribution in [3.05, 3.63) is 28.2 Å². The molecule has 108 valence electrons. The minimum absolute atomic E-state index is 0.509. The van der Waals surface area contributed by atoms with E-state index in [2.05, 4.69) is 86.0 Å². The van der Waals surface area contributed by atoms with Gasteiger partial charge in [0.15, 0.2) is 0 Å². The summed E-state index contributed by atoms with van der Waals surface area (Å²) >= 11 is 3.69. The Labute approximate surface area is 126 Å². The number of benzene rings is 1. The number of hydrogen-bond acceptors (Lipinski definition) is 2. The van der Waals surface area contributed by atoms with Crippen LogP contribution in [0.15, 0.2) is 22.7 Å². The fraction of sp³-hybridized carbons (Fsp3) is 0.625. The number of hydrogen-bond donors (Lipinski definition) is 1. The van der Waals surface area contributed by atoms with E-state index >= 15 is 0 Å². The molecule has 1 aromatic rings. The highest BCUT2D eigenvalue weighted by Crippen LogP contribution is 2.26. The Bertz CT molecular complexity index is 402. The standard InChI is InChI=1S/C16H27BrN2/c1-11(2)13(5)19(6)15-8-7-14(16(17)9-15)10-18-12(3)4/h7-9,11-13,18H,10H2,1-6H3. The van der Waals surface area contributed by atoms with Crippen molar-refractivity contribution in [2.75, 3.05) is 11.9 Å². The Hall–Kier alpha value is -0.540. The largest absolute Gasteiger partial charge is 0.372 e. The summed E-state index contributed by atoms with van der Waals surface area (Å²) in [6, 6.07) is 7.68. The maximum Gasteiger partial charge on any atom is 0.0377 e. The van der Waals surface area contributed by atoms with Gasteiger partial charge in [0.25, 0.3) is 0 Å². The Morgan fingerprint density at radius 1 is 1.16 bits per heavy atom. The molecule has 0 saturated carbocycles. The first-order valence-corrected chi connectivity index (χ1v) is 7.86. The highest BCUT2D eigenvalue weighted by atomic mass is 79.9. The molecule has 0 aromatic heterocycles. The lowest BCUT2D eigenvalue weighted by atomic mass is 10.0. The Morgan fingerprint density at radius 2 is 1.79 bits per heavy atom. The van der Waals surface area contributed by atoms with Gasteiger partial charge in [0, 0.05) is 35.8 Å². The molecule has 0 amide bonds. The van der Waals surface area contributed by atoms with Gasteiger partial charge in [-0.2, -0.15) is 0 Å². The molecule has 0 bridgehead atoms. The van der Waals surface area contributed by atoms with Crippen molar-refractivity contribution >= 4 is 21.6 Å². The maximum absolute atomic E-state index is 3.69. The molecule has 2 nitrogen and oxygen atoms in total. The molecular formula is C16H27BrN2. The monoisotopic (exact) mass is 326 g/mol. The minimum Gasteiger partial charge on any atom is -0.372 e. The number of nitrogens with one attached hydrogen (secondary N) is 1. The van der Waals surface area contributed by atoms with E-state index in [9.17, 15) is 0 Å². The fourth-order valence-electron chi connectivity index (χ4n) is 1.90. The summed E-state index contributed by atoms with van der Waals surface area (Å²) in [7, 11) is 2.17. The molecule has 0 saturated heterocycles. The van der Waals surface area contributed by atoms with Crippen LogP contribution >= 0.6 is 15.9 Å². The van der Waals surface area contributed by atoms with Crippen molar-refractivity contribution in [3.63, 3.8) is 0 Å². The van der Waals surface area contributed by atoms with E-state index in [1.807, 2.05) is 0 Å². The molecule has 0 heterocycles. The van der Waals surface area contributed by atoms with Gasteiger partial charge in [-0.05, 0) is 30.5 Å². The van der Waals surface area contributed by atoms with Crippen LogP contribution in [0.5, 0.6) is 0 Å². The van der Waals surface area contributed by atoms with Gasteiger partial charge in [-0.1, -0.05) is 49.7 Å². The van der Waals surface area contributed by atoms with E-state index in [1.165, 1.54) is 15.7 Å². The molecule has 1 atom stereocenters. The van der Waals surface area contributed by atoms with Crippen LogP contribution in [0.2, 0.25) is 0 Å². The van der Waals surface area contributed by atoms with E-state index < -0.39 is 0 Å². The van der Waals surface area contributed by atoms with Crippen molar-refractivity contribution in [3.8, 4) is 0 Å². The predicted molar refractivity (Wildman–Crippen MR) is 88.8 cm³/mol. The normalized spacial score (nSPS) is 13.1. The van der Waals surface area contributed by atoms with Crippen molar-refractivity contribution in [2.45, 2.75) is 53.2 Å². The molecule has 0 spiro atoms. The molecule has 19 heavy (non-hydrogen) atoms. The van der Waals surface area contributed by atoms with Crippen LogP contribution in [0.4, 0.5) is 5.69 Å². The lowest BCUT2D eigenvalue weighted by Crippen LogP contribution is -2.33. The summed E-state index contributed by atoms with van der Waals surface area (Å²) in [5.41, 5.74) is 2.57. The van der Waals surface area contributed by atoms with Crippen molar-refractivity contribution < 1.29 is 0 Å². The molecule has 1 rings (SSSR count). The van der Waals surface area contributed by atoms with Gasteiger partial charge in [0.05, 0.1) is 0 Å². The van der Waals surface area contributed by atoms with E-state index in [4.69, 9.17) is 0 Å². The molecule has 0 fully saturated rings. The second kappa shape index (κ2) is 7.30. The topological polar surface area (TPSA) is 15.3 Å². The van der Waals surface area contributed by atoms with E-state index in [0.29, 0.717) is 18.0 Å². The van der Waals surface area contributed by atoms with Crippen LogP contribution in [-0.2, 0) is 6.54 Å². The maximum atomic E-state index is 3.69. The first kappa shape index (κ1) is 16.5. The van der Waals surface area contributed by atoms with E-state index in [0.717, 1.165) is 6.54 Å². The van der Waals surface area contributed by atoms with Crippen LogP contribution in [0.1, 0.15) is 40.2 Å². The average molecular weight is 327 g/mol. The zero-order valence-electron chi connectivity index (χ0n) is 13.0. The molecular weight excluding hydrogens is 300 g/mol. The third kappa shape index (κ3) is 4.81. The molecule has 3 heteroatoms. The summed E-state index contributed by atoms with van der Waals surface area (Å²) in [6.45, 7) is 12.0. The lowest BCUT2D eigenvalue weighted by Gasteiger charge is -2.30. The number of anilines is 1. The highest BCUT2D eigenvalue weighted by molar-refractivity contribution is 9.10. The zero-order valence-corrected chi connectivity index (χ0v) is 14.6. The van der Waals surface area contributed by atoms with E-state index in [-0.39, 0.29) is 0 Å². The van der Waals surface area contributed by atoms with Gasteiger partial charge in [-0.25, -0.2) is 0 Å². The first-order chi connectivity index (χ1) is 8.82. The Kier molecular flexibility index (Phi) is 6.34. The SMILES string of the molecule is CC(C)NCc1ccc(N(C)C(C)C(C)C)cc1Br. The second-order valence-corrected chi connectivity index (χ2v) is 6.76. The quantitative estimate of drug-likeness (QED) is 0.832. The van der Waals surface area contributed by atoms with E-state index in [1.54, 1.807) is 0 Å². The molecule has 1 aromatic carbocycles. The predicted octanol–water partition coefficient (Wildman–Crippen LogP) is 4.43. The molecule has 0 radical (unpaired) electrons. The average Bonchev–Trinajstić information content (AvgIpc) is 2.35. The van der Waals surface area contributed by atoms with Crippen LogP contribution in [0, 0.1) is 5.92 Å². The summed E-state index contributed by atoms with van der Waals surface area (Å²) in [5.74, 6) is 0.644.